The molecule has 1 N–H and O–H groups in total. The minimum absolute atomic E-state index is 0.00330. The number of rotatable bonds is 6. The number of anilines is 1. The number of nitrogens with one attached hydrogen (secondary N) is 1. The average molecular weight is 521 g/mol. The summed E-state index contributed by atoms with van der Waals surface area (Å²) in [7, 11) is -3.69. The van der Waals surface area contributed by atoms with E-state index in [4.69, 9.17) is 11.6 Å². The molecule has 9 nitrogen and oxygen atoms in total. The van der Waals surface area contributed by atoms with Crippen LogP contribution in [-0.2, 0) is 16.6 Å². The smallest absolute Gasteiger partial charge is 0.267 e. The molecule has 5 rings (SSSR count). The number of halogens is 1. The standard InChI is InChI=1S/C25H17ClN4O5S/c26-20-12-9-17(13-22(20)30(32)33)14-27-28-25(31)19-10-7-16(8-11-19)15-29-21-5-1-3-18-4-2-6-23(24(18)21)36(29,34)35/h1-14H,15H2,(H,28,31)/b27-14+. The molecule has 1 aliphatic rings. The molecule has 0 atom stereocenters. The second-order valence-corrected chi connectivity index (χ2v) is 10.2. The summed E-state index contributed by atoms with van der Waals surface area (Å²) in [4.78, 5) is 23.1. The molecule has 0 saturated heterocycles. The predicted molar refractivity (Wildman–Crippen MR) is 137 cm³/mol. The second-order valence-electron chi connectivity index (χ2n) is 8.01. The number of carbonyl (C=O) groups excluding carboxylic acids is 1. The number of nitrogens with zero attached hydrogens (tertiary/aromatic N) is 3. The van der Waals surface area contributed by atoms with Crippen molar-refractivity contribution in [1.82, 2.24) is 5.43 Å². The SMILES string of the molecule is O=C(N/N=C/c1ccc(Cl)c([N+](=O)[O-])c1)c1ccc(CN2c3cccc4cccc(c34)S2(=O)=O)cc1. The van der Waals surface area contributed by atoms with Gasteiger partial charge in [0.15, 0.2) is 0 Å². The molecular formula is C25H17ClN4O5S. The van der Waals surface area contributed by atoms with Crippen LogP contribution in [0.15, 0.2) is 88.9 Å². The molecule has 0 saturated carbocycles. The van der Waals surface area contributed by atoms with Crippen molar-refractivity contribution in [3.63, 3.8) is 0 Å². The van der Waals surface area contributed by atoms with Gasteiger partial charge in [-0.05, 0) is 41.3 Å². The molecule has 0 bridgehead atoms. The molecule has 4 aromatic rings. The van der Waals surface area contributed by atoms with Gasteiger partial charge in [-0.15, -0.1) is 0 Å². The minimum atomic E-state index is -3.69. The summed E-state index contributed by atoms with van der Waals surface area (Å²) in [5, 5.41) is 16.4. The van der Waals surface area contributed by atoms with Gasteiger partial charge < -0.3 is 0 Å². The van der Waals surface area contributed by atoms with Crippen LogP contribution in [0.2, 0.25) is 5.02 Å². The highest BCUT2D eigenvalue weighted by Crippen LogP contribution is 2.42. The van der Waals surface area contributed by atoms with E-state index in [9.17, 15) is 23.3 Å². The maximum atomic E-state index is 13.2. The van der Waals surface area contributed by atoms with Gasteiger partial charge >= 0.3 is 0 Å². The molecule has 11 heteroatoms. The van der Waals surface area contributed by atoms with E-state index in [-0.39, 0.29) is 22.2 Å². The molecule has 0 spiro atoms. The Kier molecular flexibility index (Phi) is 5.91. The molecule has 0 aromatic heterocycles. The van der Waals surface area contributed by atoms with Crippen molar-refractivity contribution >= 4 is 55.9 Å². The summed E-state index contributed by atoms with van der Waals surface area (Å²) in [6.07, 6.45) is 1.27. The van der Waals surface area contributed by atoms with Gasteiger partial charge in [0.05, 0.1) is 28.3 Å². The van der Waals surface area contributed by atoms with Crippen LogP contribution >= 0.6 is 11.6 Å². The van der Waals surface area contributed by atoms with Gasteiger partial charge in [0, 0.05) is 22.6 Å². The first-order chi connectivity index (χ1) is 17.3. The van der Waals surface area contributed by atoms with Crippen molar-refractivity contribution < 1.29 is 18.1 Å². The van der Waals surface area contributed by atoms with Gasteiger partial charge in [-0.25, -0.2) is 13.8 Å². The third kappa shape index (κ3) is 4.16. The number of hydrogen-bond donors (Lipinski definition) is 1. The molecule has 36 heavy (non-hydrogen) atoms. The summed E-state index contributed by atoms with van der Waals surface area (Å²) >= 11 is 5.79. The van der Waals surface area contributed by atoms with Crippen LogP contribution in [0.25, 0.3) is 10.8 Å². The molecule has 1 heterocycles. The number of hydrazone groups is 1. The van der Waals surface area contributed by atoms with Gasteiger partial charge in [0.25, 0.3) is 21.6 Å². The van der Waals surface area contributed by atoms with E-state index in [1.165, 1.54) is 28.7 Å². The van der Waals surface area contributed by atoms with Crippen LogP contribution in [0.1, 0.15) is 21.5 Å². The number of nitro groups is 1. The highest BCUT2D eigenvalue weighted by molar-refractivity contribution is 7.93. The first-order valence-corrected chi connectivity index (χ1v) is 12.5. The molecule has 1 amide bonds. The fourth-order valence-corrected chi connectivity index (χ4v) is 5.92. The van der Waals surface area contributed by atoms with Crippen LogP contribution in [0.4, 0.5) is 11.4 Å². The number of hydrogen-bond acceptors (Lipinski definition) is 6. The Labute approximate surface area is 210 Å². The fourth-order valence-electron chi connectivity index (χ4n) is 4.04. The summed E-state index contributed by atoms with van der Waals surface area (Å²) in [5.41, 5.74) is 4.14. The van der Waals surface area contributed by atoms with Crippen molar-refractivity contribution in [2.24, 2.45) is 5.10 Å². The topological polar surface area (TPSA) is 122 Å². The van der Waals surface area contributed by atoms with Crippen molar-refractivity contribution in [2.75, 3.05) is 4.31 Å². The summed E-state index contributed by atoms with van der Waals surface area (Å²) in [5.74, 6) is -0.493. The summed E-state index contributed by atoms with van der Waals surface area (Å²) in [6.45, 7) is 0.117. The maximum Gasteiger partial charge on any atom is 0.288 e. The van der Waals surface area contributed by atoms with Crippen molar-refractivity contribution in [2.45, 2.75) is 11.4 Å². The fraction of sp³-hybridized carbons (Fsp3) is 0.0400. The molecule has 0 aliphatic carbocycles. The third-order valence-corrected chi connectivity index (χ3v) is 7.89. The van der Waals surface area contributed by atoms with E-state index in [1.54, 1.807) is 42.5 Å². The Morgan fingerprint density at radius 3 is 2.50 bits per heavy atom. The molecular weight excluding hydrogens is 504 g/mol. The quantitative estimate of drug-likeness (QED) is 0.221. The highest BCUT2D eigenvalue weighted by atomic mass is 35.5. The Hall–Kier alpha value is -4.28. The Bertz CT molecular complexity index is 1660. The molecule has 4 aromatic carbocycles. The molecule has 0 unspecified atom stereocenters. The zero-order chi connectivity index (χ0) is 25.4. The normalized spacial score (nSPS) is 13.9. The Morgan fingerprint density at radius 1 is 1.06 bits per heavy atom. The zero-order valence-electron chi connectivity index (χ0n) is 18.5. The van der Waals surface area contributed by atoms with Crippen LogP contribution in [0.5, 0.6) is 0 Å². The lowest BCUT2D eigenvalue weighted by atomic mass is 10.1. The van der Waals surface area contributed by atoms with Crippen molar-refractivity contribution in [3.8, 4) is 0 Å². The van der Waals surface area contributed by atoms with E-state index in [2.05, 4.69) is 10.5 Å². The lowest BCUT2D eigenvalue weighted by Gasteiger charge is -2.19. The number of carbonyl (C=O) groups is 1. The van der Waals surface area contributed by atoms with Crippen LogP contribution in [0, 0.1) is 10.1 Å². The second kappa shape index (κ2) is 9.06. The van der Waals surface area contributed by atoms with E-state index in [0.717, 1.165) is 5.39 Å². The predicted octanol–water partition coefficient (Wildman–Crippen LogP) is 4.87. The Morgan fingerprint density at radius 2 is 1.78 bits per heavy atom. The monoisotopic (exact) mass is 520 g/mol. The zero-order valence-corrected chi connectivity index (χ0v) is 20.0. The molecule has 180 valence electrons. The number of sulfonamides is 1. The van der Waals surface area contributed by atoms with E-state index < -0.39 is 20.9 Å². The first-order valence-electron chi connectivity index (χ1n) is 10.7. The van der Waals surface area contributed by atoms with Crippen molar-refractivity contribution in [1.29, 1.82) is 0 Å². The van der Waals surface area contributed by atoms with Gasteiger partial charge in [0.1, 0.15) is 5.02 Å². The lowest BCUT2D eigenvalue weighted by Crippen LogP contribution is -2.26. The third-order valence-electron chi connectivity index (χ3n) is 5.77. The van der Waals surface area contributed by atoms with Crippen LogP contribution < -0.4 is 9.73 Å². The Balaban J connectivity index is 1.29. The molecule has 1 aliphatic heterocycles. The minimum Gasteiger partial charge on any atom is -0.267 e. The molecule has 0 fully saturated rings. The van der Waals surface area contributed by atoms with Crippen LogP contribution in [0.3, 0.4) is 0 Å². The summed E-state index contributed by atoms with van der Waals surface area (Å²) in [6, 6.07) is 21.4. The average Bonchev–Trinajstić information content (AvgIpc) is 3.08. The van der Waals surface area contributed by atoms with E-state index in [1.807, 2.05) is 18.2 Å². The van der Waals surface area contributed by atoms with Crippen molar-refractivity contribution in [3.05, 3.63) is 111 Å². The number of benzene rings is 4. The highest BCUT2D eigenvalue weighted by Gasteiger charge is 2.35. The summed E-state index contributed by atoms with van der Waals surface area (Å²) < 4.78 is 27.7. The molecule has 0 radical (unpaired) electrons. The van der Waals surface area contributed by atoms with Gasteiger partial charge in [0.2, 0.25) is 0 Å². The number of nitro benzene ring substituents is 1. The maximum absolute atomic E-state index is 13.2. The number of amides is 1. The van der Waals surface area contributed by atoms with Gasteiger partial charge in [-0.1, -0.05) is 54.1 Å². The lowest BCUT2D eigenvalue weighted by molar-refractivity contribution is -0.384. The van der Waals surface area contributed by atoms with Gasteiger partial charge in [-0.3, -0.25) is 19.2 Å². The van der Waals surface area contributed by atoms with Gasteiger partial charge in [-0.2, -0.15) is 5.10 Å². The van der Waals surface area contributed by atoms with E-state index >= 15 is 0 Å². The first kappa shape index (κ1) is 23.5. The van der Waals surface area contributed by atoms with Crippen LogP contribution in [-0.4, -0.2) is 25.5 Å². The van der Waals surface area contributed by atoms with E-state index in [0.29, 0.717) is 27.8 Å². The largest absolute Gasteiger partial charge is 0.288 e.